The fourth-order valence-corrected chi connectivity index (χ4v) is 22.0. The zero-order valence-electron chi connectivity index (χ0n) is 84.5. The highest BCUT2D eigenvalue weighted by molar-refractivity contribution is 7.90. The van der Waals surface area contributed by atoms with Gasteiger partial charge in [-0.15, -0.1) is 22.0 Å². The Kier molecular flexibility index (Phi) is 36.1. The summed E-state index contributed by atoms with van der Waals surface area (Å²) >= 11 is 0. The SMILES string of the molecule is CC(C)(COc1cccc2c1C(N)=NS(=O)(=O)C2)NC(=O)c1ccccn1.CC(C)(COc1cccc2c1C(N)=NS(=O)(=O)C2)NC(=O)c1ccnc(-n2cccn2)c1.CCC(CC)(COc1cccc2c1C(N)=NS(=O)(=O)C2)CC(=O)c1ccccc1.CCC(CC)(COc1cccc2c1C(N)=NS(=O)(=O)C2)NC(=O)c1ccnc(C)c1.CCc1cc(C(=O)NC(CC)(CC)COc2cccc3c2C(N)=NS(=O)(=O)C3)ccn1. The van der Waals surface area contributed by atoms with Crippen LogP contribution in [0, 0.1) is 12.3 Å². The highest BCUT2D eigenvalue weighted by Crippen LogP contribution is 2.39. The van der Waals surface area contributed by atoms with Crippen LogP contribution in [0.3, 0.4) is 0 Å². The van der Waals surface area contributed by atoms with Crippen LogP contribution in [0.1, 0.15) is 240 Å². The van der Waals surface area contributed by atoms with Crippen molar-refractivity contribution in [2.45, 2.75) is 185 Å². The molecule has 0 bridgehead atoms. The number of nitrogens with two attached hydrogens (primary N) is 5. The highest BCUT2D eigenvalue weighted by atomic mass is 32.2. The predicted molar refractivity (Wildman–Crippen MR) is 568 cm³/mol. The van der Waals surface area contributed by atoms with Crippen molar-refractivity contribution < 1.29 is 89.7 Å². The van der Waals surface area contributed by atoms with Crippen molar-refractivity contribution >= 4 is 109 Å². The molecule has 0 fully saturated rings. The third-order valence-corrected chi connectivity index (χ3v) is 30.9. The minimum atomic E-state index is -3.63. The maximum Gasteiger partial charge on any atom is 0.270 e. The lowest BCUT2D eigenvalue weighted by atomic mass is 9.77. The molecule has 16 rings (SSSR count). The number of Topliss-reactive ketones (excluding diaryl/α,β-unsaturated/α-hetero) is 1. The van der Waals surface area contributed by atoms with Crippen LogP contribution in [0.4, 0.5) is 0 Å². The molecule has 45 heteroatoms. The number of aromatic nitrogens is 6. The number of rotatable bonds is 34. The summed E-state index contributed by atoms with van der Waals surface area (Å²) in [4.78, 5) is 80.2. The first-order valence-electron chi connectivity index (χ1n) is 47.8. The van der Waals surface area contributed by atoms with E-state index in [9.17, 15) is 66.1 Å². The molecule has 0 saturated heterocycles. The summed E-state index contributed by atoms with van der Waals surface area (Å²) in [5, 5.41) is 16.1. The summed E-state index contributed by atoms with van der Waals surface area (Å²) in [6, 6.07) is 51.9. The Morgan fingerprint density at radius 1 is 0.342 bits per heavy atom. The fourth-order valence-electron chi connectivity index (χ4n) is 16.5. The number of pyridine rings is 4. The van der Waals surface area contributed by atoms with Gasteiger partial charge in [-0.3, -0.25) is 38.9 Å². The summed E-state index contributed by atoms with van der Waals surface area (Å²) in [6.45, 7) is 24.1. The molecule has 11 aromatic rings. The van der Waals surface area contributed by atoms with E-state index in [-0.39, 0.29) is 119 Å². The third-order valence-electron chi connectivity index (χ3n) is 25.2. The van der Waals surface area contributed by atoms with Gasteiger partial charge in [-0.05, 0) is 192 Å². The second-order valence-electron chi connectivity index (χ2n) is 37.3. The van der Waals surface area contributed by atoms with Crippen LogP contribution in [-0.2, 0) is 85.3 Å². The number of carbonyl (C=O) groups is 5. The lowest BCUT2D eigenvalue weighted by Gasteiger charge is -2.33. The van der Waals surface area contributed by atoms with Gasteiger partial charge in [0.25, 0.3) is 73.7 Å². The average Bonchev–Trinajstić information content (AvgIpc) is 0.963. The molecule has 6 aromatic carbocycles. The van der Waals surface area contributed by atoms with E-state index in [0.717, 1.165) is 30.7 Å². The van der Waals surface area contributed by atoms with Crippen LogP contribution in [0.2, 0.25) is 0 Å². The topological polar surface area (TPSA) is 612 Å². The maximum atomic E-state index is 12.9. The molecule has 10 heterocycles. The van der Waals surface area contributed by atoms with Gasteiger partial charge in [0.15, 0.2) is 11.6 Å². The van der Waals surface area contributed by atoms with Crippen molar-refractivity contribution in [3.8, 4) is 34.6 Å². The first-order valence-corrected chi connectivity index (χ1v) is 55.8. The lowest BCUT2D eigenvalue weighted by Crippen LogP contribution is -2.52. The smallest absolute Gasteiger partial charge is 0.270 e. The number of aryl methyl sites for hydroxylation is 2. The number of ether oxygens (including phenoxy) is 5. The van der Waals surface area contributed by atoms with Gasteiger partial charge in [0.2, 0.25) is 0 Å². The Morgan fingerprint density at radius 3 is 1.05 bits per heavy atom. The normalized spacial score (nSPS) is 15.1. The van der Waals surface area contributed by atoms with Crippen LogP contribution in [0.5, 0.6) is 28.7 Å². The molecule has 0 saturated carbocycles. The Bertz CT molecular complexity index is 7590. The fraction of sp³-hybridized carbons (Fsp3) is 0.337. The second-order valence-corrected chi connectivity index (χ2v) is 45.5. The standard InChI is InChI=1S/C22H28N4O4S.C22H26N2O4S.C21H22N6O4S.C21H26N4O4S.C18H20N4O4S/c1-4-17-12-15(10-11-24-17)21(27)25-22(5-2,6-3)14-30-18-9-7-8-16-13-31(28,29)26-20(23)19(16)18;1-3-22(4-2,13-18(25)16-9-6-5-7-10-16)15-28-19-12-8-11-17-14-29(26,27)24-21(23)20(17)19;1-21(2,25-20(28)14-7-9-23-17(11-14)27-10-4-8-24-27)13-31-16-6-3-5-15-12-32(29,30)26-19(22)18(15)16;1-4-21(5-2,24-20(26)15-9-10-23-14(3)11-15)13-29-17-8-6-7-16-12-30(27,28)25-19(22)18(16)17;1-18(2,21-17(23)13-7-3-4-9-20-13)11-26-14-8-5-6-12-10-27(24,25)22-16(19)15(12)14/h7-12H,4-6,13-14H2,1-3H3,(H2,23,26)(H,25,27);5-12H,3-4,13-15H2,1-2H3,(H2,23,24);3-11H,12-13H2,1-2H3,(H2,22,26)(H,25,28);6-11H,4-5,12-13H2,1-3H3,(H2,22,25)(H,24,26);3-9H,10-11H2,1-2H3,(H2,19,22)(H,21,23). The maximum absolute atomic E-state index is 12.9. The zero-order chi connectivity index (χ0) is 108. The Balaban J connectivity index is 0.000000165. The number of fused-ring (bicyclic) bond motifs is 5. The van der Waals surface area contributed by atoms with Crippen molar-refractivity contribution in [3.05, 3.63) is 314 Å². The number of ketones is 1. The molecule has 4 amide bonds. The molecule has 149 heavy (non-hydrogen) atoms. The number of amides is 4. The average molecular weight is 2130 g/mol. The van der Waals surface area contributed by atoms with E-state index in [1.807, 2.05) is 113 Å². The van der Waals surface area contributed by atoms with E-state index in [4.69, 9.17) is 52.4 Å². The zero-order valence-corrected chi connectivity index (χ0v) is 88.6. The molecule has 40 nitrogen and oxygen atoms in total. The number of nitrogens with zero attached hydrogens (tertiary/aromatic N) is 11. The molecular weight excluding hydrogens is 2010 g/mol. The highest BCUT2D eigenvalue weighted by Gasteiger charge is 2.39. The summed E-state index contributed by atoms with van der Waals surface area (Å²) in [7, 11) is -18.1. The molecule has 0 unspecified atom stereocenters. The van der Waals surface area contributed by atoms with Gasteiger partial charge in [-0.1, -0.05) is 146 Å². The molecule has 5 aliphatic heterocycles. The summed E-state index contributed by atoms with van der Waals surface area (Å²) in [6.07, 6.45) is 14.9. The summed E-state index contributed by atoms with van der Waals surface area (Å²) in [5.74, 6) is 0.334. The Morgan fingerprint density at radius 2 is 0.691 bits per heavy atom. The molecule has 5 aromatic heterocycles. The first kappa shape index (κ1) is 113. The number of sulfonamides is 5. The van der Waals surface area contributed by atoms with Crippen molar-refractivity contribution in [1.29, 1.82) is 0 Å². The van der Waals surface area contributed by atoms with E-state index in [1.54, 1.807) is 194 Å². The lowest BCUT2D eigenvalue weighted by molar-refractivity contribution is 0.0788. The second kappa shape index (κ2) is 47.7. The number of nitrogens with one attached hydrogen (secondary N) is 4. The monoisotopic (exact) mass is 2130 g/mol. The van der Waals surface area contributed by atoms with Crippen molar-refractivity contribution in [2.75, 3.05) is 33.0 Å². The van der Waals surface area contributed by atoms with Crippen molar-refractivity contribution in [1.82, 2.24) is 51.0 Å². The van der Waals surface area contributed by atoms with Gasteiger partial charge < -0.3 is 73.6 Å². The van der Waals surface area contributed by atoms with E-state index >= 15 is 0 Å². The number of benzene rings is 6. The summed E-state index contributed by atoms with van der Waals surface area (Å²) in [5.41, 5.74) is 35.8. The molecule has 0 radical (unpaired) electrons. The Hall–Kier alpha value is -15.2. The van der Waals surface area contributed by atoms with E-state index in [1.165, 1.54) is 0 Å². The number of amidine groups is 5. The van der Waals surface area contributed by atoms with Crippen molar-refractivity contribution in [3.63, 3.8) is 0 Å². The van der Waals surface area contributed by atoms with E-state index in [0.29, 0.717) is 157 Å². The predicted octanol–water partition coefficient (Wildman–Crippen LogP) is 11.2. The van der Waals surface area contributed by atoms with Crippen LogP contribution in [0.25, 0.3) is 5.82 Å². The molecule has 0 atom stereocenters. The quantitative estimate of drug-likeness (QED) is 0.0169. The van der Waals surface area contributed by atoms with Gasteiger partial charge in [-0.2, -0.15) is 5.10 Å². The van der Waals surface area contributed by atoms with Gasteiger partial charge >= 0.3 is 0 Å². The van der Waals surface area contributed by atoms with E-state index in [2.05, 4.69) is 68.3 Å². The van der Waals surface area contributed by atoms with E-state index < -0.39 is 72.3 Å². The molecule has 5 aliphatic rings. The number of hydrogen-bond donors (Lipinski definition) is 9. The van der Waals surface area contributed by atoms with Crippen LogP contribution in [-0.4, -0.2) is 186 Å². The number of carbonyl (C=O) groups excluding carboxylic acids is 5. The van der Waals surface area contributed by atoms with Crippen LogP contribution >= 0.6 is 0 Å². The molecular formula is C104H122N20O20S5. The first-order chi connectivity index (χ1) is 70.5. The molecule has 0 spiro atoms. The largest absolute Gasteiger partial charge is 0.492 e. The minimum Gasteiger partial charge on any atom is -0.492 e. The molecule has 788 valence electrons. The summed E-state index contributed by atoms with van der Waals surface area (Å²) < 4.78 is 168. The third kappa shape index (κ3) is 29.6. The minimum absolute atomic E-state index is 0.0548. The van der Waals surface area contributed by atoms with Gasteiger partial charge in [0.1, 0.15) is 90.0 Å². The van der Waals surface area contributed by atoms with Gasteiger partial charge in [-0.25, -0.2) is 51.8 Å². The number of hydrogen-bond acceptors (Lipinski definition) is 30. The Labute approximate surface area is 866 Å². The van der Waals surface area contributed by atoms with Crippen molar-refractivity contribution in [2.24, 2.45) is 56.1 Å². The van der Waals surface area contributed by atoms with Gasteiger partial charge in [0, 0.05) is 82.7 Å². The molecule has 14 N–H and O–H groups in total. The van der Waals surface area contributed by atoms with Crippen LogP contribution in [0.15, 0.2) is 241 Å². The van der Waals surface area contributed by atoms with Crippen LogP contribution < -0.4 is 73.6 Å². The van der Waals surface area contributed by atoms with Gasteiger partial charge in [0.05, 0.1) is 85.3 Å². The molecule has 0 aliphatic carbocycles.